The minimum Gasteiger partial charge on any atom is -0.358 e. The molecule has 4 atom stereocenters. The predicted octanol–water partition coefficient (Wildman–Crippen LogP) is 4.82. The van der Waals surface area contributed by atoms with Crippen molar-refractivity contribution in [1.82, 2.24) is 0 Å². The summed E-state index contributed by atoms with van der Waals surface area (Å²) in [6.45, 7) is 3.94. The molecule has 2 saturated heterocycles. The van der Waals surface area contributed by atoms with E-state index < -0.39 is 36.0 Å². The van der Waals surface area contributed by atoms with Gasteiger partial charge in [-0.15, -0.1) is 0 Å². The van der Waals surface area contributed by atoms with Gasteiger partial charge in [-0.2, -0.15) is 0 Å². The highest BCUT2D eigenvalue weighted by molar-refractivity contribution is 5.47. The quantitative estimate of drug-likeness (QED) is 0.272. The molecule has 2 aliphatic rings. The first kappa shape index (κ1) is 23.2. The van der Waals surface area contributed by atoms with Crippen LogP contribution in [0.3, 0.4) is 0 Å². The summed E-state index contributed by atoms with van der Waals surface area (Å²) in [6.07, 6.45) is -1.93. The Kier molecular flexibility index (Phi) is 6.53. The fraction of sp³-hybridized carbons (Fsp3) is 0.357. The lowest BCUT2D eigenvalue weighted by Crippen LogP contribution is -2.42. The molecule has 0 aliphatic carbocycles. The molecule has 2 fully saturated rings. The van der Waals surface area contributed by atoms with Gasteiger partial charge in [-0.05, 0) is 30.5 Å². The van der Waals surface area contributed by atoms with Gasteiger partial charge in [-0.25, -0.2) is 9.78 Å². The van der Waals surface area contributed by atoms with Crippen molar-refractivity contribution in [1.29, 1.82) is 0 Å². The first-order valence-electron chi connectivity index (χ1n) is 11.5. The second-order valence-electron chi connectivity index (χ2n) is 8.96. The van der Waals surface area contributed by atoms with E-state index in [-0.39, 0.29) is 6.61 Å². The summed E-state index contributed by atoms with van der Waals surface area (Å²) in [4.78, 5) is 10.6. The van der Waals surface area contributed by atoms with Gasteiger partial charge in [-0.3, -0.25) is 0 Å². The van der Waals surface area contributed by atoms with E-state index in [1.54, 1.807) is 0 Å². The van der Waals surface area contributed by atoms with Crippen LogP contribution in [-0.2, 0) is 34.3 Å². The third-order valence-corrected chi connectivity index (χ3v) is 6.30. The lowest BCUT2D eigenvalue weighted by atomic mass is 9.80. The molecule has 0 amide bonds. The van der Waals surface area contributed by atoms with E-state index in [4.69, 9.17) is 28.7 Å². The van der Waals surface area contributed by atoms with Crippen molar-refractivity contribution in [3.05, 3.63) is 108 Å². The molecule has 2 aliphatic heterocycles. The van der Waals surface area contributed by atoms with E-state index in [0.29, 0.717) is 0 Å². The Balaban J connectivity index is 1.52. The number of hydrogen-bond donors (Lipinski definition) is 0. The predicted molar refractivity (Wildman–Crippen MR) is 126 cm³/mol. The van der Waals surface area contributed by atoms with Crippen molar-refractivity contribution in [3.63, 3.8) is 0 Å². The highest BCUT2D eigenvalue weighted by atomic mass is 17.2. The molecule has 1 unspecified atom stereocenters. The monoisotopic (exact) mass is 462 g/mol. The normalized spacial score (nSPS) is 25.9. The van der Waals surface area contributed by atoms with Crippen LogP contribution in [0.4, 0.5) is 0 Å². The molecule has 178 valence electrons. The average Bonchev–Trinajstić information content (AvgIpc) is 3.33. The maximum absolute atomic E-state index is 6.89. The lowest BCUT2D eigenvalue weighted by molar-refractivity contribution is -0.334. The minimum atomic E-state index is -0.858. The molecule has 6 heteroatoms. The summed E-state index contributed by atoms with van der Waals surface area (Å²) in [5.41, 5.74) is 2.19. The van der Waals surface area contributed by atoms with E-state index in [1.165, 1.54) is 7.11 Å². The maximum Gasteiger partial charge on any atom is 0.190 e. The maximum atomic E-state index is 6.89. The zero-order chi connectivity index (χ0) is 23.6. The zero-order valence-electron chi connectivity index (χ0n) is 19.6. The van der Waals surface area contributed by atoms with Crippen LogP contribution in [0.25, 0.3) is 0 Å². The summed E-state index contributed by atoms with van der Waals surface area (Å²) in [6, 6.07) is 30.7. The van der Waals surface area contributed by atoms with E-state index >= 15 is 0 Å². The fourth-order valence-corrected chi connectivity index (χ4v) is 4.88. The van der Waals surface area contributed by atoms with Crippen molar-refractivity contribution in [2.75, 3.05) is 13.7 Å². The number of rotatable bonds is 8. The van der Waals surface area contributed by atoms with E-state index in [2.05, 4.69) is 36.4 Å². The van der Waals surface area contributed by atoms with Crippen LogP contribution in [0.2, 0.25) is 0 Å². The molecule has 34 heavy (non-hydrogen) atoms. The second kappa shape index (κ2) is 9.58. The van der Waals surface area contributed by atoms with E-state index in [1.807, 2.05) is 68.4 Å². The smallest absolute Gasteiger partial charge is 0.190 e. The van der Waals surface area contributed by atoms with Crippen LogP contribution < -0.4 is 0 Å². The molecule has 0 aromatic heterocycles. The third-order valence-electron chi connectivity index (χ3n) is 6.30. The molecule has 0 radical (unpaired) electrons. The number of benzene rings is 3. The average molecular weight is 463 g/mol. The second-order valence-corrected chi connectivity index (χ2v) is 8.96. The number of hydrogen-bond acceptors (Lipinski definition) is 6. The summed E-state index contributed by atoms with van der Waals surface area (Å²) in [5, 5.41) is 0. The van der Waals surface area contributed by atoms with Crippen molar-refractivity contribution < 1.29 is 28.7 Å². The van der Waals surface area contributed by atoms with Crippen LogP contribution in [0.5, 0.6) is 0 Å². The third kappa shape index (κ3) is 4.29. The molecule has 6 nitrogen and oxygen atoms in total. The Morgan fingerprint density at radius 2 is 1.26 bits per heavy atom. The summed E-state index contributed by atoms with van der Waals surface area (Å²) < 4.78 is 25.1. The molecule has 0 spiro atoms. The molecule has 3 aromatic carbocycles. The van der Waals surface area contributed by atoms with Crippen LogP contribution in [-0.4, -0.2) is 44.1 Å². The van der Waals surface area contributed by atoms with Gasteiger partial charge in [-0.1, -0.05) is 91.0 Å². The molecule has 0 saturated carbocycles. The molecule has 0 bridgehead atoms. The van der Waals surface area contributed by atoms with Gasteiger partial charge in [0.25, 0.3) is 0 Å². The summed E-state index contributed by atoms with van der Waals surface area (Å²) >= 11 is 0. The van der Waals surface area contributed by atoms with E-state index in [9.17, 15) is 0 Å². The van der Waals surface area contributed by atoms with Crippen molar-refractivity contribution in [3.8, 4) is 0 Å². The van der Waals surface area contributed by atoms with Gasteiger partial charge in [0.15, 0.2) is 18.2 Å². The van der Waals surface area contributed by atoms with Gasteiger partial charge >= 0.3 is 0 Å². The number of ether oxygens (including phenoxy) is 4. The van der Waals surface area contributed by atoms with Gasteiger partial charge in [0.05, 0.1) is 13.7 Å². The van der Waals surface area contributed by atoms with Gasteiger partial charge < -0.3 is 18.9 Å². The van der Waals surface area contributed by atoms with Gasteiger partial charge in [0.2, 0.25) is 0 Å². The molecule has 0 N–H and O–H groups in total. The summed E-state index contributed by atoms with van der Waals surface area (Å²) in [5.74, 6) is -0.752. The Bertz CT molecular complexity index is 959. The van der Waals surface area contributed by atoms with Crippen molar-refractivity contribution in [2.24, 2.45) is 0 Å². The first-order valence-corrected chi connectivity index (χ1v) is 11.5. The Morgan fingerprint density at radius 3 is 1.74 bits per heavy atom. The SMILES string of the molecule is COO[C@H]1[C@@H](COC(c2ccccc2)(c2ccccc2)c2ccccc2)OC2OC(C)(C)O[C@@H]21. The zero-order valence-corrected chi connectivity index (χ0v) is 19.6. The van der Waals surface area contributed by atoms with E-state index in [0.717, 1.165) is 16.7 Å². The largest absolute Gasteiger partial charge is 0.358 e. The van der Waals surface area contributed by atoms with Gasteiger partial charge in [0.1, 0.15) is 17.8 Å². The first-order chi connectivity index (χ1) is 16.5. The Hall–Kier alpha value is -2.58. The highest BCUT2D eigenvalue weighted by Gasteiger charge is 2.56. The molecule has 3 aromatic rings. The lowest BCUT2D eigenvalue weighted by Gasteiger charge is -2.37. The standard InChI is InChI=1S/C28H30O6/c1-27(2)32-25-24(34-29-3)23(31-26(25)33-27)19-30-28(20-13-7-4-8-14-20,21-15-9-5-10-16-21)22-17-11-6-12-18-22/h4-18,23-26H,19H2,1-3H3/t23-,24+,25-,26?/m1/s1. The fourth-order valence-electron chi connectivity index (χ4n) is 4.88. The molecular formula is C28H30O6. The molecular weight excluding hydrogens is 432 g/mol. The van der Waals surface area contributed by atoms with Crippen molar-refractivity contribution >= 4 is 0 Å². The van der Waals surface area contributed by atoms with Gasteiger partial charge in [0, 0.05) is 0 Å². The molecule has 2 heterocycles. The minimum absolute atomic E-state index is 0.229. The highest BCUT2D eigenvalue weighted by Crippen LogP contribution is 2.43. The molecule has 5 rings (SSSR count). The Labute approximate surface area is 200 Å². The van der Waals surface area contributed by atoms with Crippen LogP contribution >= 0.6 is 0 Å². The van der Waals surface area contributed by atoms with Crippen LogP contribution in [0.1, 0.15) is 30.5 Å². The Morgan fingerprint density at radius 1 is 0.765 bits per heavy atom. The number of fused-ring (bicyclic) bond motifs is 1. The van der Waals surface area contributed by atoms with Crippen molar-refractivity contribution in [2.45, 2.75) is 49.8 Å². The topological polar surface area (TPSA) is 55.4 Å². The van der Waals surface area contributed by atoms with Crippen LogP contribution in [0.15, 0.2) is 91.0 Å². The summed E-state index contributed by atoms with van der Waals surface area (Å²) in [7, 11) is 1.48. The van der Waals surface area contributed by atoms with Crippen LogP contribution in [0, 0.1) is 0 Å².